The summed E-state index contributed by atoms with van der Waals surface area (Å²) < 4.78 is 2.00. The molecule has 0 aliphatic carbocycles. The maximum Gasteiger partial charge on any atom is 0.141 e. The fraction of sp³-hybridized carbons (Fsp3) is 0.500. The SMILES string of the molecule is CC(C)Cn1ncnc1CN(CCN)Cc1ccccc1. The molecule has 1 aromatic carbocycles. The van der Waals surface area contributed by atoms with E-state index in [1.807, 2.05) is 10.7 Å². The molecule has 0 saturated heterocycles. The quantitative estimate of drug-likeness (QED) is 0.805. The minimum Gasteiger partial charge on any atom is -0.329 e. The second kappa shape index (κ2) is 7.90. The molecule has 2 aromatic rings. The van der Waals surface area contributed by atoms with Crippen molar-refractivity contribution < 1.29 is 0 Å². The average molecular weight is 287 g/mol. The highest BCUT2D eigenvalue weighted by molar-refractivity contribution is 5.14. The smallest absolute Gasteiger partial charge is 0.141 e. The summed E-state index contributed by atoms with van der Waals surface area (Å²) in [4.78, 5) is 6.72. The van der Waals surface area contributed by atoms with Gasteiger partial charge in [-0.05, 0) is 11.5 Å². The van der Waals surface area contributed by atoms with Crippen molar-refractivity contribution in [3.8, 4) is 0 Å². The summed E-state index contributed by atoms with van der Waals surface area (Å²) in [6, 6.07) is 10.5. The second-order valence-electron chi connectivity index (χ2n) is 5.74. The standard InChI is InChI=1S/C16H25N5/c1-14(2)10-21-16(18-13-19-21)12-20(9-8-17)11-15-6-4-3-5-7-15/h3-7,13-14H,8-12,17H2,1-2H3. The number of rotatable bonds is 8. The van der Waals surface area contributed by atoms with Gasteiger partial charge in [0.05, 0.1) is 6.54 Å². The predicted octanol–water partition coefficient (Wildman–Crippen LogP) is 1.89. The van der Waals surface area contributed by atoms with Crippen molar-refractivity contribution in [2.45, 2.75) is 33.5 Å². The molecule has 0 unspecified atom stereocenters. The van der Waals surface area contributed by atoms with Crippen molar-refractivity contribution in [3.05, 3.63) is 48.0 Å². The third-order valence-corrected chi connectivity index (χ3v) is 3.29. The third-order valence-electron chi connectivity index (χ3n) is 3.29. The topological polar surface area (TPSA) is 60.0 Å². The van der Waals surface area contributed by atoms with Crippen molar-refractivity contribution in [2.24, 2.45) is 11.7 Å². The molecule has 2 N–H and O–H groups in total. The maximum absolute atomic E-state index is 5.75. The van der Waals surface area contributed by atoms with Gasteiger partial charge in [0.1, 0.15) is 12.2 Å². The van der Waals surface area contributed by atoms with E-state index in [2.05, 4.69) is 53.1 Å². The van der Waals surface area contributed by atoms with E-state index in [9.17, 15) is 0 Å². The number of nitrogens with two attached hydrogens (primary N) is 1. The minimum atomic E-state index is 0.558. The van der Waals surface area contributed by atoms with Gasteiger partial charge in [-0.3, -0.25) is 4.90 Å². The summed E-state index contributed by atoms with van der Waals surface area (Å²) in [6.45, 7) is 8.43. The molecule has 0 bridgehead atoms. The first-order valence-electron chi connectivity index (χ1n) is 7.52. The third kappa shape index (κ3) is 4.95. The molecule has 0 amide bonds. The number of hydrogen-bond acceptors (Lipinski definition) is 4. The van der Waals surface area contributed by atoms with E-state index < -0.39 is 0 Å². The van der Waals surface area contributed by atoms with Crippen molar-refractivity contribution in [2.75, 3.05) is 13.1 Å². The van der Waals surface area contributed by atoms with Gasteiger partial charge in [0, 0.05) is 26.2 Å². The summed E-state index contributed by atoms with van der Waals surface area (Å²) >= 11 is 0. The molecule has 0 radical (unpaired) electrons. The number of aromatic nitrogens is 3. The Balaban J connectivity index is 2.04. The van der Waals surface area contributed by atoms with Gasteiger partial charge in [-0.2, -0.15) is 5.10 Å². The van der Waals surface area contributed by atoms with Gasteiger partial charge in [0.2, 0.25) is 0 Å². The van der Waals surface area contributed by atoms with Crippen molar-refractivity contribution in [3.63, 3.8) is 0 Å². The van der Waals surface area contributed by atoms with Crippen LogP contribution in [-0.2, 0) is 19.6 Å². The van der Waals surface area contributed by atoms with E-state index >= 15 is 0 Å². The first kappa shape index (κ1) is 15.7. The van der Waals surface area contributed by atoms with Crippen LogP contribution in [0.4, 0.5) is 0 Å². The summed E-state index contributed by atoms with van der Waals surface area (Å²) in [5.41, 5.74) is 7.04. The normalized spacial score (nSPS) is 11.5. The van der Waals surface area contributed by atoms with Crippen LogP contribution in [0.25, 0.3) is 0 Å². The maximum atomic E-state index is 5.75. The molecular weight excluding hydrogens is 262 g/mol. The summed E-state index contributed by atoms with van der Waals surface area (Å²) in [7, 11) is 0. The Kier molecular flexibility index (Phi) is 5.90. The Morgan fingerprint density at radius 3 is 2.62 bits per heavy atom. The first-order chi connectivity index (χ1) is 10.2. The molecule has 0 saturated carbocycles. The Morgan fingerprint density at radius 1 is 1.19 bits per heavy atom. The Labute approximate surface area is 126 Å². The average Bonchev–Trinajstić information content (AvgIpc) is 2.86. The van der Waals surface area contributed by atoms with E-state index in [0.717, 1.165) is 32.0 Å². The lowest BCUT2D eigenvalue weighted by Gasteiger charge is -2.21. The minimum absolute atomic E-state index is 0.558. The Hall–Kier alpha value is -1.72. The van der Waals surface area contributed by atoms with Crippen molar-refractivity contribution >= 4 is 0 Å². The highest BCUT2D eigenvalue weighted by atomic mass is 15.3. The summed E-state index contributed by atoms with van der Waals surface area (Å²) in [5.74, 6) is 1.57. The van der Waals surface area contributed by atoms with Crippen LogP contribution in [0, 0.1) is 5.92 Å². The van der Waals surface area contributed by atoms with E-state index in [1.165, 1.54) is 5.56 Å². The largest absolute Gasteiger partial charge is 0.329 e. The van der Waals surface area contributed by atoms with Crippen molar-refractivity contribution in [1.29, 1.82) is 0 Å². The molecule has 0 aliphatic rings. The van der Waals surface area contributed by atoms with Gasteiger partial charge in [-0.25, -0.2) is 9.67 Å². The molecule has 2 rings (SSSR count). The van der Waals surface area contributed by atoms with Gasteiger partial charge < -0.3 is 5.73 Å². The Morgan fingerprint density at radius 2 is 1.95 bits per heavy atom. The van der Waals surface area contributed by atoms with Gasteiger partial charge in [0.15, 0.2) is 0 Å². The van der Waals surface area contributed by atoms with E-state index in [4.69, 9.17) is 5.73 Å². The molecule has 5 nitrogen and oxygen atoms in total. The zero-order chi connectivity index (χ0) is 15.1. The van der Waals surface area contributed by atoms with Crippen LogP contribution in [0.3, 0.4) is 0 Å². The molecule has 0 aliphatic heterocycles. The van der Waals surface area contributed by atoms with E-state index in [1.54, 1.807) is 6.33 Å². The number of nitrogens with zero attached hydrogens (tertiary/aromatic N) is 4. The van der Waals surface area contributed by atoms with Gasteiger partial charge in [-0.1, -0.05) is 44.2 Å². The molecule has 5 heteroatoms. The number of benzene rings is 1. The molecule has 0 spiro atoms. The van der Waals surface area contributed by atoms with Gasteiger partial charge in [-0.15, -0.1) is 0 Å². The van der Waals surface area contributed by atoms with Crippen LogP contribution in [0.5, 0.6) is 0 Å². The summed E-state index contributed by atoms with van der Waals surface area (Å²) in [5, 5.41) is 4.32. The van der Waals surface area contributed by atoms with E-state index in [-0.39, 0.29) is 0 Å². The zero-order valence-electron chi connectivity index (χ0n) is 12.9. The van der Waals surface area contributed by atoms with E-state index in [0.29, 0.717) is 12.5 Å². The lowest BCUT2D eigenvalue weighted by Crippen LogP contribution is -2.30. The fourth-order valence-corrected chi connectivity index (χ4v) is 2.35. The second-order valence-corrected chi connectivity index (χ2v) is 5.74. The predicted molar refractivity (Wildman–Crippen MR) is 84.5 cm³/mol. The number of hydrogen-bond donors (Lipinski definition) is 1. The van der Waals surface area contributed by atoms with Crippen LogP contribution < -0.4 is 5.73 Å². The molecule has 1 heterocycles. The van der Waals surface area contributed by atoms with Crippen LogP contribution >= 0.6 is 0 Å². The highest BCUT2D eigenvalue weighted by Crippen LogP contribution is 2.09. The highest BCUT2D eigenvalue weighted by Gasteiger charge is 2.12. The molecule has 0 fully saturated rings. The zero-order valence-corrected chi connectivity index (χ0v) is 12.9. The van der Waals surface area contributed by atoms with Crippen LogP contribution in [0.2, 0.25) is 0 Å². The molecule has 1 aromatic heterocycles. The Bertz CT molecular complexity index is 520. The summed E-state index contributed by atoms with van der Waals surface area (Å²) in [6.07, 6.45) is 1.64. The fourth-order valence-electron chi connectivity index (χ4n) is 2.35. The van der Waals surface area contributed by atoms with Crippen molar-refractivity contribution in [1.82, 2.24) is 19.7 Å². The lowest BCUT2D eigenvalue weighted by atomic mass is 10.2. The van der Waals surface area contributed by atoms with Crippen LogP contribution in [-0.4, -0.2) is 32.8 Å². The lowest BCUT2D eigenvalue weighted by molar-refractivity contribution is 0.250. The monoisotopic (exact) mass is 287 g/mol. The van der Waals surface area contributed by atoms with Crippen LogP contribution in [0.15, 0.2) is 36.7 Å². The molecular formula is C16H25N5. The molecule has 0 atom stereocenters. The first-order valence-corrected chi connectivity index (χ1v) is 7.52. The van der Waals surface area contributed by atoms with Gasteiger partial charge >= 0.3 is 0 Å². The van der Waals surface area contributed by atoms with Crippen LogP contribution in [0.1, 0.15) is 25.2 Å². The molecule has 21 heavy (non-hydrogen) atoms. The van der Waals surface area contributed by atoms with Gasteiger partial charge in [0.25, 0.3) is 0 Å². The molecule has 114 valence electrons.